The van der Waals surface area contributed by atoms with Crippen molar-refractivity contribution in [2.45, 2.75) is 33.7 Å². The molecule has 0 amide bonds. The van der Waals surface area contributed by atoms with E-state index in [0.717, 1.165) is 44.6 Å². The zero-order valence-corrected chi connectivity index (χ0v) is 20.0. The van der Waals surface area contributed by atoms with Crippen LogP contribution in [0.4, 0.5) is 0 Å². The summed E-state index contributed by atoms with van der Waals surface area (Å²) in [4.78, 5) is 18.1. The van der Waals surface area contributed by atoms with E-state index in [2.05, 4.69) is 59.8 Å². The quantitative estimate of drug-likeness (QED) is 0.375. The number of benzene rings is 2. The van der Waals surface area contributed by atoms with Crippen LogP contribution in [-0.4, -0.2) is 33.6 Å². The van der Waals surface area contributed by atoms with Gasteiger partial charge in [0.05, 0.1) is 18.4 Å². The molecule has 0 N–H and O–H groups in total. The molecule has 6 nitrogen and oxygen atoms in total. The number of hydrogen-bond acceptors (Lipinski definition) is 6. The molecule has 33 heavy (non-hydrogen) atoms. The molecule has 7 heteroatoms. The molecule has 0 spiro atoms. The molecule has 0 aliphatic carbocycles. The minimum absolute atomic E-state index is 0.106. The van der Waals surface area contributed by atoms with Crippen molar-refractivity contribution in [2.75, 3.05) is 7.11 Å². The molecule has 5 rings (SSSR count). The van der Waals surface area contributed by atoms with Crippen LogP contribution in [0.5, 0.6) is 0 Å². The summed E-state index contributed by atoms with van der Waals surface area (Å²) in [6.45, 7) is 8.36. The van der Waals surface area contributed by atoms with Gasteiger partial charge >= 0.3 is 5.97 Å². The first-order valence-corrected chi connectivity index (χ1v) is 11.6. The molecular formula is C26H24N4O2S. The Morgan fingerprint density at radius 3 is 2.18 bits per heavy atom. The number of aromatic nitrogens is 3. The number of carbonyl (C=O) groups is 1. The van der Waals surface area contributed by atoms with E-state index in [4.69, 9.17) is 9.73 Å². The first kappa shape index (κ1) is 21.3. The molecule has 2 aromatic heterocycles. The number of aryl methyl sites for hydroxylation is 2. The summed E-state index contributed by atoms with van der Waals surface area (Å²) in [5, 5.41) is 9.87. The van der Waals surface area contributed by atoms with Crippen LogP contribution in [0.3, 0.4) is 0 Å². The first-order valence-electron chi connectivity index (χ1n) is 10.8. The van der Waals surface area contributed by atoms with Crippen LogP contribution in [0.15, 0.2) is 53.5 Å². The van der Waals surface area contributed by atoms with E-state index >= 15 is 0 Å². The van der Waals surface area contributed by atoms with Gasteiger partial charge < -0.3 is 4.74 Å². The van der Waals surface area contributed by atoms with Crippen LogP contribution in [-0.2, 0) is 4.74 Å². The number of thiophene rings is 1. The van der Waals surface area contributed by atoms with Gasteiger partial charge in [-0.25, -0.2) is 4.79 Å². The highest BCUT2D eigenvalue weighted by Gasteiger charge is 2.29. The molecule has 166 valence electrons. The van der Waals surface area contributed by atoms with E-state index in [0.29, 0.717) is 5.56 Å². The van der Waals surface area contributed by atoms with Crippen molar-refractivity contribution < 1.29 is 9.53 Å². The SMILES string of the molecule is COC(=O)c1ccc(-c2ccc(C3=N[C@@H](C)c4nnc(C)n4-c4sc(C)c(C)c43)cc2)cc1. The number of methoxy groups -OCH3 is 1. The Hall–Kier alpha value is -3.58. The Balaban J connectivity index is 1.57. The molecule has 0 fully saturated rings. The van der Waals surface area contributed by atoms with E-state index in [1.54, 1.807) is 23.5 Å². The summed E-state index contributed by atoms with van der Waals surface area (Å²) in [6.07, 6.45) is 0. The Labute approximate surface area is 196 Å². The summed E-state index contributed by atoms with van der Waals surface area (Å²) < 4.78 is 6.94. The number of rotatable bonds is 3. The number of aliphatic imine (C=N–C) groups is 1. The molecule has 1 aliphatic heterocycles. The summed E-state index contributed by atoms with van der Waals surface area (Å²) >= 11 is 1.76. The fraction of sp³-hybridized carbons (Fsp3) is 0.231. The van der Waals surface area contributed by atoms with E-state index < -0.39 is 0 Å². The van der Waals surface area contributed by atoms with Gasteiger partial charge in [-0.2, -0.15) is 0 Å². The van der Waals surface area contributed by atoms with E-state index in [1.165, 1.54) is 17.6 Å². The Morgan fingerprint density at radius 2 is 1.55 bits per heavy atom. The number of fused-ring (bicyclic) bond motifs is 3. The molecule has 4 aromatic rings. The Bertz CT molecular complexity index is 1400. The third-order valence-corrected chi connectivity index (χ3v) is 7.34. The zero-order chi connectivity index (χ0) is 23.3. The third kappa shape index (κ3) is 3.49. The standard InChI is InChI=1S/C26H24N4O2S/c1-14-16(3)33-25-22(14)23(27-15(2)24-29-28-17(4)30(24)25)20-10-6-18(7-11-20)19-8-12-21(13-9-19)26(31)32-5/h6-13,15H,1-5H3/t15-/m0/s1. The van der Waals surface area contributed by atoms with E-state index in [1.807, 2.05) is 19.1 Å². The fourth-order valence-corrected chi connectivity index (χ4v) is 5.43. The molecule has 0 radical (unpaired) electrons. The van der Waals surface area contributed by atoms with E-state index in [-0.39, 0.29) is 12.0 Å². The number of esters is 1. The highest BCUT2D eigenvalue weighted by molar-refractivity contribution is 7.15. The van der Waals surface area contributed by atoms with Crippen molar-refractivity contribution >= 4 is 23.0 Å². The summed E-state index contributed by atoms with van der Waals surface area (Å²) in [5.41, 5.74) is 7.09. The minimum atomic E-state index is -0.333. The number of nitrogens with zero attached hydrogens (tertiary/aromatic N) is 4. The average molecular weight is 457 g/mol. The van der Waals surface area contributed by atoms with Gasteiger partial charge in [0.1, 0.15) is 16.9 Å². The first-order chi connectivity index (χ1) is 15.9. The molecule has 1 atom stereocenters. The van der Waals surface area contributed by atoms with Crippen molar-refractivity contribution in [2.24, 2.45) is 4.99 Å². The van der Waals surface area contributed by atoms with Gasteiger partial charge in [0, 0.05) is 16.0 Å². The van der Waals surface area contributed by atoms with Gasteiger partial charge in [0.15, 0.2) is 5.82 Å². The zero-order valence-electron chi connectivity index (χ0n) is 19.2. The van der Waals surface area contributed by atoms with Crippen LogP contribution < -0.4 is 0 Å². The highest BCUT2D eigenvalue weighted by Crippen LogP contribution is 2.38. The van der Waals surface area contributed by atoms with Gasteiger partial charge in [-0.15, -0.1) is 21.5 Å². The van der Waals surface area contributed by atoms with Crippen molar-refractivity contribution in [3.05, 3.63) is 87.3 Å². The lowest BCUT2D eigenvalue weighted by molar-refractivity contribution is 0.0600. The van der Waals surface area contributed by atoms with Crippen molar-refractivity contribution in [1.29, 1.82) is 0 Å². The predicted molar refractivity (Wildman–Crippen MR) is 131 cm³/mol. The van der Waals surface area contributed by atoms with Crippen LogP contribution in [0.25, 0.3) is 16.1 Å². The monoisotopic (exact) mass is 456 g/mol. The van der Waals surface area contributed by atoms with Crippen LogP contribution in [0.1, 0.15) is 56.5 Å². The Morgan fingerprint density at radius 1 is 0.939 bits per heavy atom. The van der Waals surface area contributed by atoms with Crippen LogP contribution in [0.2, 0.25) is 0 Å². The topological polar surface area (TPSA) is 69.4 Å². The fourth-order valence-electron chi connectivity index (χ4n) is 4.22. The van der Waals surface area contributed by atoms with Crippen LogP contribution in [0, 0.1) is 20.8 Å². The maximum Gasteiger partial charge on any atom is 0.337 e. The minimum Gasteiger partial charge on any atom is -0.465 e. The predicted octanol–water partition coefficient (Wildman–Crippen LogP) is 5.62. The summed E-state index contributed by atoms with van der Waals surface area (Å²) in [6, 6.07) is 15.8. The van der Waals surface area contributed by atoms with E-state index in [9.17, 15) is 4.79 Å². The Kier molecular flexibility index (Phi) is 5.21. The molecule has 0 saturated heterocycles. The lowest BCUT2D eigenvalue weighted by atomic mass is 9.97. The van der Waals surface area contributed by atoms with Crippen molar-refractivity contribution in [3.8, 4) is 16.1 Å². The largest absolute Gasteiger partial charge is 0.465 e. The molecular weight excluding hydrogens is 432 g/mol. The lowest BCUT2D eigenvalue weighted by Crippen LogP contribution is -2.07. The molecule has 3 heterocycles. The maximum atomic E-state index is 11.7. The second-order valence-corrected chi connectivity index (χ2v) is 9.41. The van der Waals surface area contributed by atoms with Crippen LogP contribution >= 0.6 is 11.3 Å². The van der Waals surface area contributed by atoms with Gasteiger partial charge in [-0.1, -0.05) is 36.4 Å². The van der Waals surface area contributed by atoms with Gasteiger partial charge in [0.2, 0.25) is 0 Å². The van der Waals surface area contributed by atoms with Gasteiger partial charge in [-0.3, -0.25) is 9.56 Å². The lowest BCUT2D eigenvalue weighted by Gasteiger charge is -2.11. The molecule has 0 unspecified atom stereocenters. The second-order valence-electron chi connectivity index (χ2n) is 8.20. The third-order valence-electron chi connectivity index (χ3n) is 6.15. The van der Waals surface area contributed by atoms with Gasteiger partial charge in [-0.05, 0) is 56.5 Å². The molecule has 1 aliphatic rings. The molecule has 0 saturated carbocycles. The number of carbonyl (C=O) groups excluding carboxylic acids is 1. The van der Waals surface area contributed by atoms with Crippen molar-refractivity contribution in [3.63, 3.8) is 0 Å². The molecule has 2 aromatic carbocycles. The van der Waals surface area contributed by atoms with Gasteiger partial charge in [0.25, 0.3) is 0 Å². The second kappa shape index (κ2) is 8.08. The van der Waals surface area contributed by atoms with Crippen molar-refractivity contribution in [1.82, 2.24) is 14.8 Å². The summed E-state index contributed by atoms with van der Waals surface area (Å²) in [5.74, 6) is 1.41. The summed E-state index contributed by atoms with van der Waals surface area (Å²) in [7, 11) is 1.39. The molecule has 0 bridgehead atoms. The smallest absolute Gasteiger partial charge is 0.337 e. The highest BCUT2D eigenvalue weighted by atomic mass is 32.1. The number of hydrogen-bond donors (Lipinski definition) is 0. The number of ether oxygens (including phenoxy) is 1. The normalized spacial score (nSPS) is 14.8. The maximum absolute atomic E-state index is 11.7. The average Bonchev–Trinajstić information content (AvgIpc) is 3.32.